The Hall–Kier alpha value is -3.00. The fourth-order valence-electron chi connectivity index (χ4n) is 2.88. The molecule has 0 aliphatic carbocycles. The fraction of sp³-hybridized carbons (Fsp3) is 0.150. The zero-order chi connectivity index (χ0) is 19.7. The Bertz CT molecular complexity index is 1120. The van der Waals surface area contributed by atoms with Gasteiger partial charge >= 0.3 is 6.18 Å². The fourth-order valence-corrected chi connectivity index (χ4v) is 3.70. The molecule has 0 aliphatic rings. The van der Waals surface area contributed by atoms with Gasteiger partial charge in [0, 0.05) is 23.1 Å². The van der Waals surface area contributed by atoms with Crippen LogP contribution in [0.15, 0.2) is 60.2 Å². The summed E-state index contributed by atoms with van der Waals surface area (Å²) in [6, 6.07) is 12.8. The normalized spacial score (nSPS) is 11.7. The van der Waals surface area contributed by atoms with Crippen LogP contribution < -0.4 is 9.47 Å². The predicted octanol–water partition coefficient (Wildman–Crippen LogP) is 5.69. The maximum absolute atomic E-state index is 13.1. The van der Waals surface area contributed by atoms with Crippen molar-refractivity contribution in [2.24, 2.45) is 0 Å². The largest absolute Gasteiger partial charge is 0.497 e. The van der Waals surface area contributed by atoms with Crippen molar-refractivity contribution in [2.75, 3.05) is 7.11 Å². The minimum absolute atomic E-state index is 0.0977. The molecule has 0 atom stereocenters. The van der Waals surface area contributed by atoms with E-state index >= 15 is 0 Å². The second-order valence-electron chi connectivity index (χ2n) is 6.03. The molecule has 8 heteroatoms. The number of halogens is 3. The molecule has 4 aromatic rings. The summed E-state index contributed by atoms with van der Waals surface area (Å²) >= 11 is 1.42. The van der Waals surface area contributed by atoms with Gasteiger partial charge in [0.25, 0.3) is 0 Å². The summed E-state index contributed by atoms with van der Waals surface area (Å²) in [5.74, 6) is 1.22. The summed E-state index contributed by atoms with van der Waals surface area (Å²) in [7, 11) is 1.59. The number of benzene rings is 2. The number of rotatable bonds is 5. The molecule has 2 aromatic carbocycles. The molecule has 4 nitrogen and oxygen atoms in total. The highest BCUT2D eigenvalue weighted by molar-refractivity contribution is 7.12. The minimum atomic E-state index is -4.41. The summed E-state index contributed by atoms with van der Waals surface area (Å²) in [5, 5.41) is 2.60. The van der Waals surface area contributed by atoms with Crippen molar-refractivity contribution in [3.63, 3.8) is 0 Å². The molecule has 144 valence electrons. The minimum Gasteiger partial charge on any atom is -0.497 e. The van der Waals surface area contributed by atoms with Crippen LogP contribution in [0.3, 0.4) is 0 Å². The van der Waals surface area contributed by atoms with E-state index in [2.05, 4.69) is 4.98 Å². The Morgan fingerprint density at radius 1 is 1.07 bits per heavy atom. The van der Waals surface area contributed by atoms with Crippen molar-refractivity contribution in [2.45, 2.75) is 12.8 Å². The van der Waals surface area contributed by atoms with Gasteiger partial charge in [-0.2, -0.15) is 13.2 Å². The average molecular weight is 404 g/mol. The van der Waals surface area contributed by atoms with Crippen molar-refractivity contribution in [3.05, 3.63) is 71.4 Å². The third-order valence-electron chi connectivity index (χ3n) is 4.27. The van der Waals surface area contributed by atoms with Gasteiger partial charge in [-0.15, -0.1) is 11.3 Å². The Morgan fingerprint density at radius 2 is 1.89 bits per heavy atom. The molecule has 0 aliphatic heterocycles. The predicted molar refractivity (Wildman–Crippen MR) is 101 cm³/mol. The summed E-state index contributed by atoms with van der Waals surface area (Å²) in [4.78, 5) is 4.36. The number of imidazole rings is 1. The van der Waals surface area contributed by atoms with Gasteiger partial charge in [0.1, 0.15) is 29.4 Å². The molecule has 0 unspecified atom stereocenters. The zero-order valence-electron chi connectivity index (χ0n) is 14.7. The molecule has 0 bridgehead atoms. The van der Waals surface area contributed by atoms with Crippen molar-refractivity contribution in [1.29, 1.82) is 0 Å². The average Bonchev–Trinajstić information content (AvgIpc) is 3.31. The number of ether oxygens (including phenoxy) is 2. The van der Waals surface area contributed by atoms with Crippen LogP contribution in [0.5, 0.6) is 11.5 Å². The van der Waals surface area contributed by atoms with Crippen LogP contribution in [-0.4, -0.2) is 16.7 Å². The van der Waals surface area contributed by atoms with Gasteiger partial charge in [0.05, 0.1) is 23.7 Å². The Labute approximate surface area is 162 Å². The topological polar surface area (TPSA) is 36.3 Å². The smallest absolute Gasteiger partial charge is 0.416 e. The number of aromatic nitrogens is 2. The van der Waals surface area contributed by atoms with E-state index in [9.17, 15) is 13.2 Å². The molecule has 0 spiro atoms. The molecule has 0 fully saturated rings. The molecule has 2 heterocycles. The van der Waals surface area contributed by atoms with E-state index in [4.69, 9.17) is 9.47 Å². The first-order chi connectivity index (χ1) is 13.5. The molecule has 0 saturated carbocycles. The first kappa shape index (κ1) is 18.4. The van der Waals surface area contributed by atoms with Gasteiger partial charge in [-0.1, -0.05) is 18.2 Å². The van der Waals surface area contributed by atoms with Crippen LogP contribution in [0.2, 0.25) is 0 Å². The number of fused-ring (bicyclic) bond motifs is 1. The van der Waals surface area contributed by atoms with E-state index in [0.717, 1.165) is 22.1 Å². The van der Waals surface area contributed by atoms with Crippen molar-refractivity contribution in [1.82, 2.24) is 9.55 Å². The Kier molecular flexibility index (Phi) is 4.72. The van der Waals surface area contributed by atoms with Crippen molar-refractivity contribution in [3.8, 4) is 16.5 Å². The van der Waals surface area contributed by atoms with Crippen LogP contribution in [0, 0.1) is 0 Å². The second kappa shape index (κ2) is 7.20. The van der Waals surface area contributed by atoms with E-state index in [-0.39, 0.29) is 12.2 Å². The Balaban J connectivity index is 1.57. The van der Waals surface area contributed by atoms with Crippen LogP contribution in [0.25, 0.3) is 16.0 Å². The van der Waals surface area contributed by atoms with Crippen LogP contribution in [0.1, 0.15) is 11.1 Å². The first-order valence-corrected chi connectivity index (χ1v) is 9.21. The number of alkyl halides is 3. The second-order valence-corrected chi connectivity index (χ2v) is 6.92. The quantitative estimate of drug-likeness (QED) is 0.429. The molecule has 4 rings (SSSR count). The number of thiophene rings is 1. The molecule has 0 amide bonds. The summed E-state index contributed by atoms with van der Waals surface area (Å²) < 4.78 is 52.1. The standard InChI is InChI=1S/C20H15F3N2O2S/c1-26-14-6-7-17-18(8-14)25(12-24-17)19-9-15(11-28-19)27-10-13-4-2-3-5-16(13)20(21,22)23/h2-9,11-12H,10H2,1H3. The maximum atomic E-state index is 13.1. The molecule has 0 N–H and O–H groups in total. The van der Waals surface area contributed by atoms with E-state index in [0.29, 0.717) is 11.5 Å². The lowest BCUT2D eigenvalue weighted by molar-refractivity contribution is -0.138. The Morgan fingerprint density at radius 3 is 2.68 bits per heavy atom. The van der Waals surface area contributed by atoms with Crippen LogP contribution in [0.4, 0.5) is 13.2 Å². The third kappa shape index (κ3) is 3.55. The van der Waals surface area contributed by atoms with Gasteiger partial charge in [-0.3, -0.25) is 4.57 Å². The van der Waals surface area contributed by atoms with E-state index in [1.807, 2.05) is 22.8 Å². The molecular formula is C20H15F3N2O2S. The van der Waals surface area contributed by atoms with Crippen LogP contribution >= 0.6 is 11.3 Å². The SMILES string of the molecule is COc1ccc2ncn(-c3cc(OCc4ccccc4C(F)(F)F)cs3)c2c1. The number of hydrogen-bond acceptors (Lipinski definition) is 4. The summed E-state index contributed by atoms with van der Waals surface area (Å²) in [6.45, 7) is -0.162. The van der Waals surface area contributed by atoms with E-state index in [1.165, 1.54) is 23.5 Å². The van der Waals surface area contributed by atoms with Gasteiger partial charge in [0.2, 0.25) is 0 Å². The van der Waals surface area contributed by atoms with E-state index < -0.39 is 11.7 Å². The summed E-state index contributed by atoms with van der Waals surface area (Å²) in [5.41, 5.74) is 1.10. The monoisotopic (exact) mass is 404 g/mol. The lowest BCUT2D eigenvalue weighted by atomic mass is 10.1. The molecule has 0 saturated heterocycles. The van der Waals surface area contributed by atoms with Crippen molar-refractivity contribution < 1.29 is 22.6 Å². The lowest BCUT2D eigenvalue weighted by Gasteiger charge is -2.12. The first-order valence-electron chi connectivity index (χ1n) is 8.33. The summed E-state index contributed by atoms with van der Waals surface area (Å²) in [6.07, 6.45) is -2.72. The molecule has 2 aromatic heterocycles. The lowest BCUT2D eigenvalue weighted by Crippen LogP contribution is -2.10. The van der Waals surface area contributed by atoms with Crippen molar-refractivity contribution >= 4 is 22.4 Å². The highest BCUT2D eigenvalue weighted by Crippen LogP contribution is 2.33. The maximum Gasteiger partial charge on any atom is 0.416 e. The van der Waals surface area contributed by atoms with Gasteiger partial charge in [-0.25, -0.2) is 4.98 Å². The third-order valence-corrected chi connectivity index (χ3v) is 5.18. The molecule has 0 radical (unpaired) electrons. The van der Waals surface area contributed by atoms with E-state index in [1.54, 1.807) is 30.9 Å². The zero-order valence-corrected chi connectivity index (χ0v) is 15.6. The highest BCUT2D eigenvalue weighted by atomic mass is 32.1. The molecular weight excluding hydrogens is 389 g/mol. The number of hydrogen-bond donors (Lipinski definition) is 0. The van der Waals surface area contributed by atoms with Gasteiger partial charge in [-0.05, 0) is 18.2 Å². The highest BCUT2D eigenvalue weighted by Gasteiger charge is 2.33. The number of methoxy groups -OCH3 is 1. The van der Waals surface area contributed by atoms with Crippen LogP contribution in [-0.2, 0) is 12.8 Å². The van der Waals surface area contributed by atoms with Gasteiger partial charge in [0.15, 0.2) is 0 Å². The number of nitrogens with zero attached hydrogens (tertiary/aromatic N) is 2. The van der Waals surface area contributed by atoms with Gasteiger partial charge < -0.3 is 9.47 Å². The molecule has 28 heavy (non-hydrogen) atoms.